The van der Waals surface area contributed by atoms with E-state index >= 15 is 0 Å². The molecule has 0 aromatic carbocycles. The van der Waals surface area contributed by atoms with E-state index in [4.69, 9.17) is 0 Å². The van der Waals surface area contributed by atoms with Crippen LogP contribution >= 0.6 is 11.3 Å². The van der Waals surface area contributed by atoms with Crippen LogP contribution in [0.2, 0.25) is 0 Å². The van der Waals surface area contributed by atoms with Crippen molar-refractivity contribution >= 4 is 22.4 Å². The number of nitrogens with zero attached hydrogens (tertiary/aromatic N) is 1. The van der Waals surface area contributed by atoms with Crippen molar-refractivity contribution in [2.24, 2.45) is 0 Å². The Bertz CT molecular complexity index is 304. The molecule has 0 spiro atoms. The van der Waals surface area contributed by atoms with Crippen LogP contribution in [-0.2, 0) is 4.79 Å². The van der Waals surface area contributed by atoms with Gasteiger partial charge in [0.25, 0.3) is 0 Å². The highest BCUT2D eigenvalue weighted by atomic mass is 32.1. The van der Waals surface area contributed by atoms with E-state index in [0.29, 0.717) is 5.13 Å². The van der Waals surface area contributed by atoms with Gasteiger partial charge in [0.15, 0.2) is 5.13 Å². The molecule has 0 radical (unpaired) electrons. The molecule has 0 saturated heterocycles. The summed E-state index contributed by atoms with van der Waals surface area (Å²) in [5.41, 5.74) is 0. The monoisotopic (exact) mass is 182 g/mol. The molecule has 0 atom stereocenters. The van der Waals surface area contributed by atoms with Gasteiger partial charge in [0.05, 0.1) is 0 Å². The molecule has 0 saturated carbocycles. The van der Waals surface area contributed by atoms with Gasteiger partial charge in [-0.05, 0) is 19.9 Å². The first-order valence-corrected chi connectivity index (χ1v) is 4.40. The lowest BCUT2D eigenvalue weighted by Gasteiger charge is -1.93. The van der Waals surface area contributed by atoms with Crippen LogP contribution in [0, 0.1) is 6.92 Å². The smallest absolute Gasteiger partial charge is 0.249 e. The zero-order valence-electron chi connectivity index (χ0n) is 7.00. The second kappa shape index (κ2) is 4.01. The van der Waals surface area contributed by atoms with E-state index in [1.54, 1.807) is 19.2 Å². The van der Waals surface area contributed by atoms with E-state index in [1.807, 2.05) is 6.92 Å². The minimum Gasteiger partial charge on any atom is -0.298 e. The van der Waals surface area contributed by atoms with Crippen molar-refractivity contribution in [3.05, 3.63) is 23.2 Å². The van der Waals surface area contributed by atoms with E-state index in [-0.39, 0.29) is 5.91 Å². The average molecular weight is 182 g/mol. The third-order valence-corrected chi connectivity index (χ3v) is 2.00. The van der Waals surface area contributed by atoms with Crippen LogP contribution in [0.3, 0.4) is 0 Å². The normalized spacial score (nSPS) is 10.5. The van der Waals surface area contributed by atoms with Crippen molar-refractivity contribution < 1.29 is 4.79 Å². The summed E-state index contributed by atoms with van der Waals surface area (Å²) in [6.45, 7) is 3.75. The van der Waals surface area contributed by atoms with E-state index in [2.05, 4.69) is 10.3 Å². The van der Waals surface area contributed by atoms with Gasteiger partial charge in [-0.1, -0.05) is 6.08 Å². The minimum atomic E-state index is -0.133. The Labute approximate surface area is 75.1 Å². The molecule has 4 heteroatoms. The van der Waals surface area contributed by atoms with Crippen LogP contribution in [-0.4, -0.2) is 10.9 Å². The van der Waals surface area contributed by atoms with E-state index in [1.165, 1.54) is 17.4 Å². The summed E-state index contributed by atoms with van der Waals surface area (Å²) in [7, 11) is 0. The average Bonchev–Trinajstić information content (AvgIpc) is 2.36. The largest absolute Gasteiger partial charge is 0.298 e. The summed E-state index contributed by atoms with van der Waals surface area (Å²) < 4.78 is 0. The van der Waals surface area contributed by atoms with Gasteiger partial charge in [0, 0.05) is 11.1 Å². The number of aryl methyl sites for hydroxylation is 1. The molecule has 1 heterocycles. The first-order valence-electron chi connectivity index (χ1n) is 3.58. The number of aromatic nitrogens is 1. The molecule has 1 aromatic rings. The topological polar surface area (TPSA) is 42.0 Å². The molecule has 12 heavy (non-hydrogen) atoms. The third kappa shape index (κ3) is 2.47. The molecular weight excluding hydrogens is 172 g/mol. The van der Waals surface area contributed by atoms with Crippen LogP contribution in [0.15, 0.2) is 18.3 Å². The molecule has 3 nitrogen and oxygen atoms in total. The fraction of sp³-hybridized carbons (Fsp3) is 0.250. The predicted molar refractivity (Wildman–Crippen MR) is 50.3 cm³/mol. The van der Waals surface area contributed by atoms with Gasteiger partial charge < -0.3 is 0 Å². The number of thiazole rings is 1. The molecule has 64 valence electrons. The van der Waals surface area contributed by atoms with E-state index < -0.39 is 0 Å². The molecule has 0 aliphatic carbocycles. The Morgan fingerprint density at radius 2 is 2.50 bits per heavy atom. The van der Waals surface area contributed by atoms with Crippen molar-refractivity contribution in [3.63, 3.8) is 0 Å². The highest BCUT2D eigenvalue weighted by Gasteiger charge is 2.00. The number of amides is 1. The summed E-state index contributed by atoms with van der Waals surface area (Å²) in [5, 5.41) is 3.29. The van der Waals surface area contributed by atoms with Gasteiger partial charge in [-0.2, -0.15) is 0 Å². The van der Waals surface area contributed by atoms with E-state index in [0.717, 1.165) is 4.88 Å². The maximum Gasteiger partial charge on any atom is 0.249 e. The van der Waals surface area contributed by atoms with Gasteiger partial charge in [-0.15, -0.1) is 11.3 Å². The Balaban J connectivity index is 2.58. The molecular formula is C8H10N2OS. The lowest BCUT2D eigenvalue weighted by molar-refractivity contribution is -0.111. The maximum atomic E-state index is 11.0. The van der Waals surface area contributed by atoms with Crippen molar-refractivity contribution in [1.29, 1.82) is 0 Å². The SMILES string of the molecule is C/C=C/C(=O)Nc1ncc(C)s1. The van der Waals surface area contributed by atoms with Gasteiger partial charge in [-0.3, -0.25) is 10.1 Å². The van der Waals surface area contributed by atoms with Gasteiger partial charge >= 0.3 is 0 Å². The highest BCUT2D eigenvalue weighted by molar-refractivity contribution is 7.15. The van der Waals surface area contributed by atoms with Crippen molar-refractivity contribution in [1.82, 2.24) is 4.98 Å². The van der Waals surface area contributed by atoms with Crippen LogP contribution in [0.5, 0.6) is 0 Å². The van der Waals surface area contributed by atoms with Crippen molar-refractivity contribution in [3.8, 4) is 0 Å². The quantitative estimate of drug-likeness (QED) is 0.710. The van der Waals surface area contributed by atoms with Crippen molar-refractivity contribution in [2.75, 3.05) is 5.32 Å². The highest BCUT2D eigenvalue weighted by Crippen LogP contribution is 2.15. The molecule has 1 aromatic heterocycles. The maximum absolute atomic E-state index is 11.0. The van der Waals surface area contributed by atoms with E-state index in [9.17, 15) is 4.79 Å². The first kappa shape index (κ1) is 8.93. The number of carbonyl (C=O) groups excluding carboxylic acids is 1. The molecule has 1 rings (SSSR count). The second-order valence-corrected chi connectivity index (χ2v) is 3.50. The van der Waals surface area contributed by atoms with Crippen molar-refractivity contribution in [2.45, 2.75) is 13.8 Å². The van der Waals surface area contributed by atoms with Crippen LogP contribution in [0.4, 0.5) is 5.13 Å². The number of nitrogens with one attached hydrogen (secondary N) is 1. The molecule has 1 N–H and O–H groups in total. The molecule has 0 aliphatic rings. The Morgan fingerprint density at radius 3 is 3.00 bits per heavy atom. The minimum absolute atomic E-state index is 0.133. The number of carbonyl (C=O) groups is 1. The molecule has 1 amide bonds. The summed E-state index contributed by atoms with van der Waals surface area (Å²) in [6, 6.07) is 0. The lowest BCUT2D eigenvalue weighted by Crippen LogP contribution is -2.06. The molecule has 0 unspecified atom stereocenters. The molecule has 0 bridgehead atoms. The van der Waals surface area contributed by atoms with Crippen LogP contribution in [0.1, 0.15) is 11.8 Å². The Kier molecular flexibility index (Phi) is 2.99. The lowest BCUT2D eigenvalue weighted by atomic mass is 10.5. The van der Waals surface area contributed by atoms with Gasteiger partial charge in [0.2, 0.25) is 5.91 Å². The number of allylic oxidation sites excluding steroid dienone is 1. The summed E-state index contributed by atoms with van der Waals surface area (Å²) >= 11 is 1.46. The predicted octanol–water partition coefficient (Wildman–Crippen LogP) is 1.97. The van der Waals surface area contributed by atoms with Crippen LogP contribution in [0.25, 0.3) is 0 Å². The molecule has 0 aliphatic heterocycles. The summed E-state index contributed by atoms with van der Waals surface area (Å²) in [6.07, 6.45) is 4.89. The Morgan fingerprint density at radius 1 is 1.75 bits per heavy atom. The number of rotatable bonds is 2. The third-order valence-electron chi connectivity index (χ3n) is 1.17. The fourth-order valence-corrected chi connectivity index (χ4v) is 1.38. The zero-order chi connectivity index (χ0) is 8.97. The first-order chi connectivity index (χ1) is 5.72. The van der Waals surface area contributed by atoms with Crippen LogP contribution < -0.4 is 5.32 Å². The number of hydrogen-bond acceptors (Lipinski definition) is 3. The summed E-state index contributed by atoms with van der Waals surface area (Å²) in [5.74, 6) is -0.133. The number of anilines is 1. The van der Waals surface area contributed by atoms with Gasteiger partial charge in [-0.25, -0.2) is 4.98 Å². The second-order valence-electron chi connectivity index (χ2n) is 2.27. The van der Waals surface area contributed by atoms with Gasteiger partial charge in [0.1, 0.15) is 0 Å². The number of hydrogen-bond donors (Lipinski definition) is 1. The standard InChI is InChI=1S/C8H10N2OS/c1-3-4-7(11)10-8-9-5-6(2)12-8/h3-5H,1-2H3,(H,9,10,11)/b4-3+. The fourth-order valence-electron chi connectivity index (χ4n) is 0.711. The Hall–Kier alpha value is -1.16. The molecule has 0 fully saturated rings. The summed E-state index contributed by atoms with van der Waals surface area (Å²) in [4.78, 5) is 16.1. The zero-order valence-corrected chi connectivity index (χ0v) is 7.81.